The van der Waals surface area contributed by atoms with Gasteiger partial charge in [-0.15, -0.1) is 0 Å². The van der Waals surface area contributed by atoms with Gasteiger partial charge in [-0.25, -0.2) is 22.5 Å². The highest BCUT2D eigenvalue weighted by molar-refractivity contribution is 9.10. The highest BCUT2D eigenvalue weighted by Gasteiger charge is 2.24. The minimum absolute atomic E-state index is 0.124. The number of aromatic nitrogens is 3. The highest BCUT2D eigenvalue weighted by atomic mass is 79.9. The van der Waals surface area contributed by atoms with E-state index >= 15 is 0 Å². The van der Waals surface area contributed by atoms with Crippen molar-refractivity contribution in [3.05, 3.63) is 34.6 Å². The molecule has 7 nitrogen and oxygen atoms in total. The van der Waals surface area contributed by atoms with E-state index in [2.05, 4.69) is 35.8 Å². The lowest BCUT2D eigenvalue weighted by Gasteiger charge is -2.13. The molecule has 1 aromatic heterocycles. The molecular formula is C10H11BrFN5O2S. The number of benzene rings is 1. The van der Waals surface area contributed by atoms with Crippen LogP contribution in [-0.4, -0.2) is 23.6 Å². The summed E-state index contributed by atoms with van der Waals surface area (Å²) < 4.78 is 40.6. The zero-order valence-corrected chi connectivity index (χ0v) is 12.7. The van der Waals surface area contributed by atoms with Crippen molar-refractivity contribution in [3.63, 3.8) is 0 Å². The normalized spacial score (nSPS) is 13.3. The summed E-state index contributed by atoms with van der Waals surface area (Å²) >= 11 is 3.03. The Morgan fingerprint density at radius 3 is 2.80 bits per heavy atom. The van der Waals surface area contributed by atoms with Crippen LogP contribution in [0.4, 0.5) is 10.1 Å². The lowest BCUT2D eigenvalue weighted by molar-refractivity contribution is 0.542. The predicted molar refractivity (Wildman–Crippen MR) is 73.6 cm³/mol. The number of nitrogens with two attached hydrogens (primary N) is 1. The van der Waals surface area contributed by atoms with Gasteiger partial charge in [0.05, 0.1) is 6.04 Å². The molecule has 0 radical (unpaired) electrons. The van der Waals surface area contributed by atoms with Gasteiger partial charge in [0.1, 0.15) is 22.9 Å². The van der Waals surface area contributed by atoms with Crippen LogP contribution in [0.2, 0.25) is 0 Å². The van der Waals surface area contributed by atoms with E-state index in [0.717, 1.165) is 12.1 Å². The van der Waals surface area contributed by atoms with Crippen LogP contribution in [0.25, 0.3) is 0 Å². The fourth-order valence-electron chi connectivity index (χ4n) is 1.53. The number of hydrogen-bond acceptors (Lipinski definition) is 5. The molecule has 0 saturated carbocycles. The molecule has 20 heavy (non-hydrogen) atoms. The van der Waals surface area contributed by atoms with Crippen molar-refractivity contribution >= 4 is 31.6 Å². The number of aromatic amines is 1. The average Bonchev–Trinajstić information content (AvgIpc) is 2.86. The smallest absolute Gasteiger partial charge is 0.244 e. The first kappa shape index (κ1) is 14.9. The van der Waals surface area contributed by atoms with E-state index in [9.17, 15) is 12.8 Å². The SMILES string of the molecule is CC(NS(=O)(=O)c1cc(N)c(Br)cc1F)c1ncn[nH]1. The van der Waals surface area contributed by atoms with E-state index in [1.54, 1.807) is 6.92 Å². The average molecular weight is 364 g/mol. The van der Waals surface area contributed by atoms with Crippen molar-refractivity contribution < 1.29 is 12.8 Å². The molecule has 0 saturated heterocycles. The monoisotopic (exact) mass is 363 g/mol. The van der Waals surface area contributed by atoms with Crippen LogP contribution >= 0.6 is 15.9 Å². The van der Waals surface area contributed by atoms with Crippen molar-refractivity contribution in [3.8, 4) is 0 Å². The van der Waals surface area contributed by atoms with Crippen LogP contribution in [0, 0.1) is 5.82 Å². The molecule has 0 aliphatic heterocycles. The molecule has 0 spiro atoms. The number of H-pyrrole nitrogens is 1. The van der Waals surface area contributed by atoms with Gasteiger partial charge in [0, 0.05) is 10.2 Å². The molecule has 0 amide bonds. The van der Waals surface area contributed by atoms with Crippen LogP contribution in [0.3, 0.4) is 0 Å². The minimum atomic E-state index is -4.07. The second kappa shape index (κ2) is 5.46. The number of nitrogens with one attached hydrogen (secondary N) is 2. The van der Waals surface area contributed by atoms with E-state index < -0.39 is 26.8 Å². The minimum Gasteiger partial charge on any atom is -0.398 e. The number of nitrogen functional groups attached to an aromatic ring is 1. The Morgan fingerprint density at radius 1 is 1.50 bits per heavy atom. The molecule has 2 rings (SSSR count). The Kier molecular flexibility index (Phi) is 4.06. The summed E-state index contributed by atoms with van der Waals surface area (Å²) in [5, 5.41) is 6.15. The quantitative estimate of drug-likeness (QED) is 0.709. The lowest BCUT2D eigenvalue weighted by atomic mass is 10.3. The number of rotatable bonds is 4. The van der Waals surface area contributed by atoms with Crippen molar-refractivity contribution in [2.24, 2.45) is 0 Å². The molecule has 1 aromatic carbocycles. The van der Waals surface area contributed by atoms with Gasteiger partial charge in [0.25, 0.3) is 0 Å². The summed E-state index contributed by atoms with van der Waals surface area (Å²) in [6.45, 7) is 1.55. The second-order valence-corrected chi connectivity index (χ2v) is 6.55. The molecule has 108 valence electrons. The molecule has 0 aliphatic carbocycles. The summed E-state index contributed by atoms with van der Waals surface area (Å²) in [6, 6.07) is 1.37. The zero-order chi connectivity index (χ0) is 14.9. The zero-order valence-electron chi connectivity index (χ0n) is 10.3. The number of nitrogens with zero attached hydrogens (tertiary/aromatic N) is 2. The van der Waals surface area contributed by atoms with Gasteiger partial charge in [-0.3, -0.25) is 5.10 Å². The summed E-state index contributed by atoms with van der Waals surface area (Å²) in [6.07, 6.45) is 1.25. The Balaban J connectivity index is 2.34. The highest BCUT2D eigenvalue weighted by Crippen LogP contribution is 2.26. The molecule has 1 heterocycles. The number of hydrogen-bond donors (Lipinski definition) is 3. The predicted octanol–water partition coefficient (Wildman–Crippen LogP) is 1.33. The summed E-state index contributed by atoms with van der Waals surface area (Å²) in [7, 11) is -4.07. The largest absolute Gasteiger partial charge is 0.398 e. The molecule has 2 aromatic rings. The Bertz CT molecular complexity index is 719. The standard InChI is InChI=1S/C10H11BrFN5O2S/c1-5(10-14-4-15-16-10)17-20(18,19)9-3-8(13)6(11)2-7(9)12/h2-5,17H,13H2,1H3,(H,14,15,16). The Labute approximate surface area is 123 Å². The van der Waals surface area contributed by atoms with Crippen molar-refractivity contribution in [2.75, 3.05) is 5.73 Å². The van der Waals surface area contributed by atoms with E-state index in [0.29, 0.717) is 5.82 Å². The van der Waals surface area contributed by atoms with Crippen molar-refractivity contribution in [1.29, 1.82) is 0 Å². The molecule has 4 N–H and O–H groups in total. The summed E-state index contributed by atoms with van der Waals surface area (Å²) in [5.41, 5.74) is 5.70. The number of halogens is 2. The fourth-order valence-corrected chi connectivity index (χ4v) is 3.14. The summed E-state index contributed by atoms with van der Waals surface area (Å²) in [4.78, 5) is 3.30. The maximum absolute atomic E-state index is 13.8. The van der Waals surface area contributed by atoms with Gasteiger partial charge in [-0.2, -0.15) is 5.10 Å². The van der Waals surface area contributed by atoms with Gasteiger partial charge >= 0.3 is 0 Å². The van der Waals surface area contributed by atoms with Crippen LogP contribution in [0.1, 0.15) is 18.8 Å². The van der Waals surface area contributed by atoms with Crippen molar-refractivity contribution in [2.45, 2.75) is 17.9 Å². The first-order chi connectivity index (χ1) is 9.31. The van der Waals surface area contributed by atoms with Gasteiger partial charge in [-0.1, -0.05) is 0 Å². The molecule has 1 unspecified atom stereocenters. The maximum atomic E-state index is 13.8. The van der Waals surface area contributed by atoms with Crippen LogP contribution in [0.15, 0.2) is 27.8 Å². The number of anilines is 1. The third-order valence-corrected chi connectivity index (χ3v) is 4.76. The van der Waals surface area contributed by atoms with Gasteiger partial charge in [0.2, 0.25) is 10.0 Å². The van der Waals surface area contributed by atoms with Gasteiger partial charge in [-0.05, 0) is 35.0 Å². The van der Waals surface area contributed by atoms with Crippen molar-refractivity contribution in [1.82, 2.24) is 19.9 Å². The maximum Gasteiger partial charge on any atom is 0.244 e. The van der Waals surface area contributed by atoms with Gasteiger partial charge < -0.3 is 5.73 Å². The molecule has 10 heteroatoms. The van der Waals surface area contributed by atoms with Gasteiger partial charge in [0.15, 0.2) is 0 Å². The van der Waals surface area contributed by atoms with Crippen LogP contribution in [0.5, 0.6) is 0 Å². The lowest BCUT2D eigenvalue weighted by Crippen LogP contribution is -2.28. The Hall–Kier alpha value is -1.52. The third-order valence-electron chi connectivity index (χ3n) is 2.52. The van der Waals surface area contributed by atoms with E-state index in [1.165, 1.54) is 6.33 Å². The topological polar surface area (TPSA) is 114 Å². The molecule has 1 atom stereocenters. The fraction of sp³-hybridized carbons (Fsp3) is 0.200. The summed E-state index contributed by atoms with van der Waals surface area (Å²) in [5.74, 6) is -0.581. The molecule has 0 bridgehead atoms. The molecular weight excluding hydrogens is 353 g/mol. The number of sulfonamides is 1. The third kappa shape index (κ3) is 2.97. The first-order valence-corrected chi connectivity index (χ1v) is 7.71. The van der Waals surface area contributed by atoms with E-state index in [-0.39, 0.29) is 10.2 Å². The van der Waals surface area contributed by atoms with Crippen LogP contribution < -0.4 is 10.5 Å². The molecule has 0 aliphatic rings. The van der Waals surface area contributed by atoms with Crippen LogP contribution in [-0.2, 0) is 10.0 Å². The van der Waals surface area contributed by atoms with E-state index in [4.69, 9.17) is 5.73 Å². The first-order valence-electron chi connectivity index (χ1n) is 5.43. The second-order valence-electron chi connectivity index (χ2n) is 4.02. The van der Waals surface area contributed by atoms with E-state index in [1.807, 2.05) is 0 Å². The Morgan fingerprint density at radius 2 is 2.20 bits per heavy atom. The molecule has 0 fully saturated rings.